The highest BCUT2D eigenvalue weighted by Gasteiger charge is 2.34. The second-order valence-electron chi connectivity index (χ2n) is 10.5. The van der Waals surface area contributed by atoms with Crippen LogP contribution in [0.2, 0.25) is 10.0 Å². The molecule has 0 spiro atoms. The fourth-order valence-electron chi connectivity index (χ4n) is 4.12. The minimum Gasteiger partial charge on any atom is -0.350 e. The highest BCUT2D eigenvalue weighted by atomic mass is 79.9. The van der Waals surface area contributed by atoms with Gasteiger partial charge in [-0.3, -0.25) is 13.9 Å². The number of carbonyl (C=O) groups excluding carboxylic acids is 2. The van der Waals surface area contributed by atoms with Gasteiger partial charge in [0.25, 0.3) is 0 Å². The maximum atomic E-state index is 14.1. The molecule has 40 heavy (non-hydrogen) atoms. The van der Waals surface area contributed by atoms with Crippen LogP contribution in [0.4, 0.5) is 5.69 Å². The average molecular weight is 669 g/mol. The number of amides is 2. The summed E-state index contributed by atoms with van der Waals surface area (Å²) >= 11 is 15.8. The maximum absolute atomic E-state index is 14.1. The lowest BCUT2D eigenvalue weighted by atomic mass is 10.0. The molecule has 0 aliphatic heterocycles. The summed E-state index contributed by atoms with van der Waals surface area (Å²) in [6.07, 6.45) is 1.22. The number of rotatable bonds is 10. The number of nitrogens with one attached hydrogen (secondary N) is 1. The van der Waals surface area contributed by atoms with Crippen molar-refractivity contribution in [3.8, 4) is 0 Å². The second-order valence-corrected chi connectivity index (χ2v) is 14.1. The van der Waals surface area contributed by atoms with Gasteiger partial charge in [0.05, 0.1) is 17.0 Å². The van der Waals surface area contributed by atoms with Gasteiger partial charge in [-0.1, -0.05) is 81.6 Å². The van der Waals surface area contributed by atoms with E-state index in [-0.39, 0.29) is 29.6 Å². The monoisotopic (exact) mass is 667 g/mol. The molecule has 0 heterocycles. The Morgan fingerprint density at radius 3 is 2.17 bits per heavy atom. The van der Waals surface area contributed by atoms with Crippen molar-refractivity contribution in [3.63, 3.8) is 0 Å². The van der Waals surface area contributed by atoms with E-state index in [2.05, 4.69) is 21.2 Å². The van der Waals surface area contributed by atoms with Crippen LogP contribution in [-0.4, -0.2) is 49.5 Å². The van der Waals surface area contributed by atoms with Crippen LogP contribution >= 0.6 is 39.1 Å². The lowest BCUT2D eigenvalue weighted by molar-refractivity contribution is -0.140. The largest absolute Gasteiger partial charge is 0.350 e. The molecule has 214 valence electrons. The summed E-state index contributed by atoms with van der Waals surface area (Å²) in [5.41, 5.74) is 1.17. The fourth-order valence-corrected chi connectivity index (χ4v) is 5.99. The Morgan fingerprint density at radius 2 is 1.60 bits per heavy atom. The van der Waals surface area contributed by atoms with Crippen molar-refractivity contribution in [1.82, 2.24) is 10.2 Å². The van der Waals surface area contributed by atoms with Crippen molar-refractivity contribution < 1.29 is 18.0 Å². The second kappa shape index (κ2) is 13.4. The number of benzene rings is 3. The normalized spacial score (nSPS) is 12.5. The van der Waals surface area contributed by atoms with E-state index in [0.717, 1.165) is 26.2 Å². The topological polar surface area (TPSA) is 86.8 Å². The highest BCUT2D eigenvalue weighted by Crippen LogP contribution is 2.31. The molecule has 1 atom stereocenters. The van der Waals surface area contributed by atoms with Crippen LogP contribution in [0.5, 0.6) is 0 Å². The zero-order valence-electron chi connectivity index (χ0n) is 22.7. The number of carbonyl (C=O) groups is 2. The van der Waals surface area contributed by atoms with E-state index in [1.165, 1.54) is 23.1 Å². The quantitative estimate of drug-likeness (QED) is 0.284. The van der Waals surface area contributed by atoms with Crippen LogP contribution < -0.4 is 9.62 Å². The smallest absolute Gasteiger partial charge is 0.244 e. The maximum Gasteiger partial charge on any atom is 0.244 e. The molecule has 0 aliphatic rings. The summed E-state index contributed by atoms with van der Waals surface area (Å²) in [5.74, 6) is -0.920. The third-order valence-corrected chi connectivity index (χ3v) is 8.03. The van der Waals surface area contributed by atoms with Crippen LogP contribution in [0.1, 0.15) is 31.9 Å². The van der Waals surface area contributed by atoms with Crippen molar-refractivity contribution in [2.24, 2.45) is 0 Å². The van der Waals surface area contributed by atoms with E-state index in [4.69, 9.17) is 23.2 Å². The van der Waals surface area contributed by atoms with E-state index >= 15 is 0 Å². The Hall–Kier alpha value is -2.59. The molecule has 0 radical (unpaired) electrons. The summed E-state index contributed by atoms with van der Waals surface area (Å²) in [4.78, 5) is 29.3. The molecule has 1 N–H and O–H groups in total. The van der Waals surface area contributed by atoms with E-state index in [9.17, 15) is 18.0 Å². The van der Waals surface area contributed by atoms with Gasteiger partial charge < -0.3 is 10.2 Å². The van der Waals surface area contributed by atoms with Crippen LogP contribution in [-0.2, 0) is 32.6 Å². The van der Waals surface area contributed by atoms with Gasteiger partial charge in [0.15, 0.2) is 0 Å². The van der Waals surface area contributed by atoms with Crippen LogP contribution in [0.15, 0.2) is 77.3 Å². The third kappa shape index (κ3) is 9.23. The third-order valence-electron chi connectivity index (χ3n) is 5.87. The predicted molar refractivity (Wildman–Crippen MR) is 165 cm³/mol. The van der Waals surface area contributed by atoms with Gasteiger partial charge in [-0.2, -0.15) is 0 Å². The molecule has 2 amide bonds. The fraction of sp³-hybridized carbons (Fsp3) is 0.310. The molecule has 3 rings (SSSR count). The first-order chi connectivity index (χ1) is 18.6. The first-order valence-corrected chi connectivity index (χ1v) is 15.9. The Balaban J connectivity index is 2.09. The van der Waals surface area contributed by atoms with Gasteiger partial charge in [0.1, 0.15) is 12.6 Å². The SMILES string of the molecule is CC(C)(C)NC(=O)[C@H](Cc1ccccc1)N(Cc1cccc(Br)c1)C(=O)CN(c1ccc(Cl)cc1Cl)S(C)(=O)=O. The predicted octanol–water partition coefficient (Wildman–Crippen LogP) is 6.08. The molecule has 3 aromatic rings. The van der Waals surface area contributed by atoms with E-state index in [0.29, 0.717) is 5.02 Å². The number of hydrogen-bond acceptors (Lipinski definition) is 4. The average Bonchev–Trinajstić information content (AvgIpc) is 2.84. The number of nitrogens with zero attached hydrogens (tertiary/aromatic N) is 2. The van der Waals surface area contributed by atoms with Gasteiger partial charge in [0, 0.05) is 28.0 Å². The summed E-state index contributed by atoms with van der Waals surface area (Å²) in [5, 5.41) is 3.40. The molecule has 0 unspecified atom stereocenters. The van der Waals surface area contributed by atoms with Gasteiger partial charge in [-0.05, 0) is 62.2 Å². The Bertz CT molecular complexity index is 1460. The van der Waals surface area contributed by atoms with Gasteiger partial charge in [-0.25, -0.2) is 8.42 Å². The molecule has 11 heteroatoms. The summed E-state index contributed by atoms with van der Waals surface area (Å²) < 4.78 is 27.5. The molecule has 0 aliphatic carbocycles. The zero-order valence-corrected chi connectivity index (χ0v) is 26.6. The van der Waals surface area contributed by atoms with Gasteiger partial charge in [-0.15, -0.1) is 0 Å². The molecule has 0 aromatic heterocycles. The molecule has 0 bridgehead atoms. The molecule has 3 aromatic carbocycles. The summed E-state index contributed by atoms with van der Waals surface area (Å²) in [7, 11) is -3.94. The Labute approximate surface area is 254 Å². The van der Waals surface area contributed by atoms with Crippen molar-refractivity contribution in [1.29, 1.82) is 0 Å². The van der Waals surface area contributed by atoms with E-state index in [1.807, 2.05) is 75.4 Å². The summed E-state index contributed by atoms with van der Waals surface area (Å²) in [6, 6.07) is 20.2. The number of hydrogen-bond donors (Lipinski definition) is 1. The molecular formula is C29H32BrCl2N3O4S. The molecule has 7 nitrogen and oxygen atoms in total. The number of sulfonamides is 1. The first-order valence-electron chi connectivity index (χ1n) is 12.5. The molecule has 0 saturated carbocycles. The molecular weight excluding hydrogens is 637 g/mol. The molecule has 0 fully saturated rings. The zero-order chi connectivity index (χ0) is 29.7. The van der Waals surface area contributed by atoms with Crippen LogP contribution in [0.25, 0.3) is 0 Å². The molecule has 0 saturated heterocycles. The standard InChI is InChI=1S/C29H32BrCl2N3O4S/c1-29(2,3)33-28(37)26(16-20-9-6-5-7-10-20)34(18-21-11-8-12-22(30)15-21)27(36)19-35(40(4,38)39)25-14-13-23(31)17-24(25)32/h5-15,17,26H,16,18-19H2,1-4H3,(H,33,37)/t26-/m0/s1. The van der Waals surface area contributed by atoms with Crippen molar-refractivity contribution in [3.05, 3.63) is 98.4 Å². The minimum absolute atomic E-state index is 0.0687. The van der Waals surface area contributed by atoms with Crippen LogP contribution in [0, 0.1) is 0 Å². The highest BCUT2D eigenvalue weighted by molar-refractivity contribution is 9.10. The minimum atomic E-state index is -3.94. The van der Waals surface area contributed by atoms with Gasteiger partial charge >= 0.3 is 0 Å². The first kappa shape index (κ1) is 31.9. The number of anilines is 1. The van der Waals surface area contributed by atoms with Gasteiger partial charge in [0.2, 0.25) is 21.8 Å². The van der Waals surface area contributed by atoms with E-state index < -0.39 is 34.1 Å². The van der Waals surface area contributed by atoms with Crippen molar-refractivity contribution >= 4 is 66.7 Å². The lowest BCUT2D eigenvalue weighted by Gasteiger charge is -2.35. The Kier molecular flexibility index (Phi) is 10.7. The van der Waals surface area contributed by atoms with Crippen LogP contribution in [0.3, 0.4) is 0 Å². The Morgan fingerprint density at radius 1 is 0.950 bits per heavy atom. The van der Waals surface area contributed by atoms with E-state index in [1.54, 1.807) is 0 Å². The van der Waals surface area contributed by atoms with Crippen molar-refractivity contribution in [2.75, 3.05) is 17.1 Å². The lowest BCUT2D eigenvalue weighted by Crippen LogP contribution is -2.56. The summed E-state index contributed by atoms with van der Waals surface area (Å²) in [6.45, 7) is 5.08. The number of halogens is 3. The van der Waals surface area contributed by atoms with Crippen molar-refractivity contribution in [2.45, 2.75) is 45.3 Å².